The van der Waals surface area contributed by atoms with E-state index in [-0.39, 0.29) is 17.7 Å². The molecule has 2 aromatic rings. The molecule has 1 amide bonds. The second-order valence-corrected chi connectivity index (χ2v) is 6.35. The number of nitrogens with zero attached hydrogens (tertiary/aromatic N) is 2. The van der Waals surface area contributed by atoms with Crippen LogP contribution in [0.15, 0.2) is 30.6 Å². The largest absolute Gasteiger partial charge is 0.496 e. The molecule has 3 rings (SSSR count). The van der Waals surface area contributed by atoms with Gasteiger partial charge in [0, 0.05) is 44.4 Å². The van der Waals surface area contributed by atoms with Gasteiger partial charge in [0.25, 0.3) is 0 Å². The van der Waals surface area contributed by atoms with Crippen molar-refractivity contribution in [2.45, 2.75) is 19.4 Å². The van der Waals surface area contributed by atoms with Gasteiger partial charge in [-0.2, -0.15) is 5.10 Å². The first-order valence-corrected chi connectivity index (χ1v) is 8.19. The molecule has 1 aromatic heterocycles. The van der Waals surface area contributed by atoms with Crippen LogP contribution in [0.3, 0.4) is 0 Å². The molecular weight excluding hydrogens is 304 g/mol. The minimum atomic E-state index is -0.0781. The van der Waals surface area contributed by atoms with E-state index in [4.69, 9.17) is 4.74 Å². The Balaban J connectivity index is 1.66. The molecule has 24 heavy (non-hydrogen) atoms. The number of ether oxygens (including phenoxy) is 1. The van der Waals surface area contributed by atoms with Crippen molar-refractivity contribution in [1.82, 2.24) is 20.4 Å². The van der Waals surface area contributed by atoms with Crippen LogP contribution >= 0.6 is 0 Å². The number of benzene rings is 1. The fourth-order valence-corrected chi connectivity index (χ4v) is 3.25. The summed E-state index contributed by atoms with van der Waals surface area (Å²) in [6, 6.07) is 6.01. The van der Waals surface area contributed by atoms with Crippen LogP contribution in [0, 0.1) is 12.8 Å². The lowest BCUT2D eigenvalue weighted by Crippen LogP contribution is -2.34. The number of nitrogens with one attached hydrogen (secondary N) is 2. The van der Waals surface area contributed by atoms with E-state index in [0.717, 1.165) is 29.0 Å². The first-order valence-electron chi connectivity index (χ1n) is 8.19. The summed E-state index contributed by atoms with van der Waals surface area (Å²) < 4.78 is 7.18. The quantitative estimate of drug-likeness (QED) is 0.869. The van der Waals surface area contributed by atoms with Crippen LogP contribution in [0.5, 0.6) is 5.75 Å². The molecule has 1 aliphatic rings. The van der Waals surface area contributed by atoms with Gasteiger partial charge in [-0.15, -0.1) is 0 Å². The molecule has 1 aliphatic heterocycles. The van der Waals surface area contributed by atoms with Crippen molar-refractivity contribution in [3.05, 3.63) is 47.3 Å². The lowest BCUT2D eigenvalue weighted by atomic mass is 9.90. The number of aromatic nitrogens is 2. The van der Waals surface area contributed by atoms with Gasteiger partial charge in [0.1, 0.15) is 5.75 Å². The second kappa shape index (κ2) is 7.05. The lowest BCUT2D eigenvalue weighted by molar-refractivity contribution is -0.125. The molecule has 0 radical (unpaired) electrons. The van der Waals surface area contributed by atoms with Crippen molar-refractivity contribution in [1.29, 1.82) is 0 Å². The Kier molecular flexibility index (Phi) is 4.85. The number of hydrogen-bond donors (Lipinski definition) is 2. The molecule has 0 aliphatic carbocycles. The van der Waals surface area contributed by atoms with Gasteiger partial charge in [-0.1, -0.05) is 12.1 Å². The highest BCUT2D eigenvalue weighted by molar-refractivity contribution is 5.80. The molecule has 128 valence electrons. The number of carbonyl (C=O) groups is 1. The topological polar surface area (TPSA) is 68.2 Å². The molecule has 0 unspecified atom stereocenters. The average Bonchev–Trinajstić information content (AvgIpc) is 3.21. The van der Waals surface area contributed by atoms with Crippen LogP contribution in [0.4, 0.5) is 0 Å². The van der Waals surface area contributed by atoms with E-state index in [2.05, 4.69) is 15.7 Å². The summed E-state index contributed by atoms with van der Waals surface area (Å²) in [6.07, 6.45) is 3.84. The smallest absolute Gasteiger partial charge is 0.225 e. The van der Waals surface area contributed by atoms with Gasteiger partial charge in [0.15, 0.2) is 0 Å². The van der Waals surface area contributed by atoms with Gasteiger partial charge in [-0.25, -0.2) is 0 Å². The third-order valence-corrected chi connectivity index (χ3v) is 4.60. The molecule has 6 heteroatoms. The van der Waals surface area contributed by atoms with Gasteiger partial charge in [-0.05, 0) is 24.1 Å². The highest BCUT2D eigenvalue weighted by Crippen LogP contribution is 2.28. The highest BCUT2D eigenvalue weighted by Gasteiger charge is 2.34. The molecule has 0 bridgehead atoms. The zero-order valence-electron chi connectivity index (χ0n) is 14.4. The SMILES string of the molecule is COc1cc(C)ccc1CNC(=O)[C@H]1CNC[C@@H]1c1cnn(C)c1. The standard InChI is InChI=1S/C18H24N4O2/c1-12-4-5-13(17(6-12)24-3)7-20-18(23)16-10-19-9-15(16)14-8-21-22(2)11-14/h4-6,8,11,15-16,19H,7,9-10H2,1-3H3,(H,20,23)/t15-,16+/m1/s1. The number of rotatable bonds is 5. The van der Waals surface area contributed by atoms with Gasteiger partial charge in [-0.3, -0.25) is 9.48 Å². The van der Waals surface area contributed by atoms with E-state index in [0.29, 0.717) is 13.1 Å². The van der Waals surface area contributed by atoms with Crippen LogP contribution in [-0.4, -0.2) is 35.9 Å². The Hall–Kier alpha value is -2.34. The first-order chi connectivity index (χ1) is 11.6. The number of methoxy groups -OCH3 is 1. The summed E-state index contributed by atoms with van der Waals surface area (Å²) in [5.74, 6) is 0.962. The molecule has 2 N–H and O–H groups in total. The van der Waals surface area contributed by atoms with Gasteiger partial charge >= 0.3 is 0 Å². The zero-order valence-corrected chi connectivity index (χ0v) is 14.4. The summed E-state index contributed by atoms with van der Waals surface area (Å²) in [4.78, 5) is 12.7. The van der Waals surface area contributed by atoms with Crippen molar-refractivity contribution < 1.29 is 9.53 Å². The average molecular weight is 328 g/mol. The van der Waals surface area contributed by atoms with E-state index < -0.39 is 0 Å². The number of carbonyl (C=O) groups excluding carboxylic acids is 1. The Labute approximate surface area is 142 Å². The van der Waals surface area contributed by atoms with Crippen LogP contribution in [0.25, 0.3) is 0 Å². The summed E-state index contributed by atoms with van der Waals surface area (Å²) in [6.45, 7) is 3.99. The van der Waals surface area contributed by atoms with E-state index in [1.54, 1.807) is 11.8 Å². The van der Waals surface area contributed by atoms with Crippen LogP contribution in [-0.2, 0) is 18.4 Å². The van der Waals surface area contributed by atoms with Crippen molar-refractivity contribution in [3.8, 4) is 5.75 Å². The molecule has 1 fully saturated rings. The molecule has 0 spiro atoms. The molecular formula is C18H24N4O2. The van der Waals surface area contributed by atoms with E-state index in [1.165, 1.54) is 0 Å². The maximum absolute atomic E-state index is 12.7. The number of amides is 1. The second-order valence-electron chi connectivity index (χ2n) is 6.35. The molecule has 1 aromatic carbocycles. The Morgan fingerprint density at radius 1 is 1.46 bits per heavy atom. The Morgan fingerprint density at radius 3 is 3.00 bits per heavy atom. The number of aryl methyl sites for hydroxylation is 2. The highest BCUT2D eigenvalue weighted by atomic mass is 16.5. The maximum atomic E-state index is 12.7. The monoisotopic (exact) mass is 328 g/mol. The predicted octanol–water partition coefficient (Wildman–Crippen LogP) is 1.36. The third-order valence-electron chi connectivity index (χ3n) is 4.60. The van der Waals surface area contributed by atoms with Crippen LogP contribution in [0.1, 0.15) is 22.6 Å². The maximum Gasteiger partial charge on any atom is 0.225 e. The van der Waals surface area contributed by atoms with Crippen molar-refractivity contribution >= 4 is 5.91 Å². The molecule has 1 saturated heterocycles. The first kappa shape index (κ1) is 16.5. The van der Waals surface area contributed by atoms with E-state index in [1.807, 2.05) is 44.6 Å². The number of hydrogen-bond acceptors (Lipinski definition) is 4. The molecule has 2 atom stereocenters. The van der Waals surface area contributed by atoms with Gasteiger partial charge in [0.05, 0.1) is 19.2 Å². The summed E-state index contributed by atoms with van der Waals surface area (Å²) in [7, 11) is 3.55. The summed E-state index contributed by atoms with van der Waals surface area (Å²) in [5.41, 5.74) is 3.23. The molecule has 2 heterocycles. The summed E-state index contributed by atoms with van der Waals surface area (Å²) >= 11 is 0. The van der Waals surface area contributed by atoms with Gasteiger partial charge < -0.3 is 15.4 Å². The third kappa shape index (κ3) is 3.43. The van der Waals surface area contributed by atoms with Gasteiger partial charge in [0.2, 0.25) is 5.91 Å². The van der Waals surface area contributed by atoms with Crippen LogP contribution in [0.2, 0.25) is 0 Å². The predicted molar refractivity (Wildman–Crippen MR) is 91.9 cm³/mol. The zero-order chi connectivity index (χ0) is 17.1. The Morgan fingerprint density at radius 2 is 2.29 bits per heavy atom. The fraction of sp³-hybridized carbons (Fsp3) is 0.444. The van der Waals surface area contributed by atoms with Crippen molar-refractivity contribution in [3.63, 3.8) is 0 Å². The van der Waals surface area contributed by atoms with Crippen molar-refractivity contribution in [2.75, 3.05) is 20.2 Å². The van der Waals surface area contributed by atoms with E-state index >= 15 is 0 Å². The normalized spacial score (nSPS) is 20.1. The van der Waals surface area contributed by atoms with E-state index in [9.17, 15) is 4.79 Å². The summed E-state index contributed by atoms with van der Waals surface area (Å²) in [5, 5.41) is 10.6. The van der Waals surface area contributed by atoms with Crippen molar-refractivity contribution in [2.24, 2.45) is 13.0 Å². The lowest BCUT2D eigenvalue weighted by Gasteiger charge is -2.18. The van der Waals surface area contributed by atoms with Crippen LogP contribution < -0.4 is 15.4 Å². The Bertz CT molecular complexity index is 726. The molecule has 6 nitrogen and oxygen atoms in total. The molecule has 0 saturated carbocycles. The minimum Gasteiger partial charge on any atom is -0.496 e. The minimum absolute atomic E-state index is 0.0662. The fourth-order valence-electron chi connectivity index (χ4n) is 3.25.